The zero-order chi connectivity index (χ0) is 16.9. The van der Waals surface area contributed by atoms with Crippen LogP contribution in [0, 0.1) is 0 Å². The highest BCUT2D eigenvalue weighted by molar-refractivity contribution is 5.67. The number of hydrogen-bond donors (Lipinski definition) is 2. The number of rotatable bonds is 8. The fourth-order valence-corrected chi connectivity index (χ4v) is 1.84. The molecule has 0 atom stereocenters. The molecule has 0 amide bonds. The summed E-state index contributed by atoms with van der Waals surface area (Å²) in [5.41, 5.74) is 0.991. The van der Waals surface area contributed by atoms with Gasteiger partial charge in [-0.25, -0.2) is 0 Å². The van der Waals surface area contributed by atoms with E-state index in [1.165, 1.54) is 0 Å². The summed E-state index contributed by atoms with van der Waals surface area (Å²) in [7, 11) is 1.00. The predicted molar refractivity (Wildman–Crippen MR) is 88.0 cm³/mol. The summed E-state index contributed by atoms with van der Waals surface area (Å²) in [6.45, 7) is 0.939. The lowest BCUT2D eigenvalue weighted by atomic mass is 10.1. The first-order valence-electron chi connectivity index (χ1n) is 7.30. The number of carboxylic acid groups (broad SMARTS) is 1. The Hall–Kier alpha value is -2.53. The average Bonchev–Trinajstić information content (AvgIpc) is 2.60. The van der Waals surface area contributed by atoms with E-state index in [2.05, 4.69) is 0 Å². The maximum Gasteiger partial charge on any atom is 0.303 e. The molecular weight excluding hydrogens is 296 g/mol. The Morgan fingerprint density at radius 2 is 1.39 bits per heavy atom. The molecule has 2 aromatic carbocycles. The van der Waals surface area contributed by atoms with Gasteiger partial charge >= 0.3 is 5.97 Å². The summed E-state index contributed by atoms with van der Waals surface area (Å²) >= 11 is 0. The zero-order valence-corrected chi connectivity index (χ0v) is 13.1. The Kier molecular flexibility index (Phi) is 8.93. The number of carbonyl (C=O) groups is 1. The van der Waals surface area contributed by atoms with Crippen LogP contribution in [0.3, 0.4) is 0 Å². The molecule has 0 saturated carbocycles. The quantitative estimate of drug-likeness (QED) is 0.732. The van der Waals surface area contributed by atoms with Crippen LogP contribution in [0.5, 0.6) is 11.5 Å². The smallest absolute Gasteiger partial charge is 0.303 e. The van der Waals surface area contributed by atoms with Gasteiger partial charge in [0.25, 0.3) is 0 Å². The molecule has 124 valence electrons. The largest absolute Gasteiger partial charge is 0.490 e. The standard InChI is InChI=1S/C17H18O4.CH4O/c18-17(19)11-8-14-6-9-16(10-7-14)21-13-12-20-15-4-2-1-3-5-15;1-2/h1-7,9-10H,8,11-13H2,(H,18,19);2H,1H3. The van der Waals surface area contributed by atoms with Gasteiger partial charge in [0.1, 0.15) is 24.7 Å². The zero-order valence-electron chi connectivity index (χ0n) is 13.1. The van der Waals surface area contributed by atoms with Crippen molar-refractivity contribution in [1.82, 2.24) is 0 Å². The van der Waals surface area contributed by atoms with Crippen LogP contribution in [0.4, 0.5) is 0 Å². The molecular formula is C18H22O5. The summed E-state index contributed by atoms with van der Waals surface area (Å²) in [4.78, 5) is 10.5. The van der Waals surface area contributed by atoms with Crippen LogP contribution < -0.4 is 9.47 Å². The number of ether oxygens (including phenoxy) is 2. The second-order valence-corrected chi connectivity index (χ2v) is 4.55. The summed E-state index contributed by atoms with van der Waals surface area (Å²) in [5, 5.41) is 15.6. The van der Waals surface area contributed by atoms with E-state index in [1.54, 1.807) is 0 Å². The number of para-hydroxylation sites is 1. The molecule has 5 heteroatoms. The first-order chi connectivity index (χ1) is 11.2. The minimum absolute atomic E-state index is 0.144. The van der Waals surface area contributed by atoms with Gasteiger partial charge in [0, 0.05) is 13.5 Å². The number of aryl methyl sites for hydroxylation is 1. The van der Waals surface area contributed by atoms with Crippen LogP contribution in [0.1, 0.15) is 12.0 Å². The molecule has 0 saturated heterocycles. The van der Waals surface area contributed by atoms with Crippen LogP contribution in [0.15, 0.2) is 54.6 Å². The second-order valence-electron chi connectivity index (χ2n) is 4.55. The van der Waals surface area contributed by atoms with Gasteiger partial charge in [-0.1, -0.05) is 30.3 Å². The molecule has 0 fully saturated rings. The fourth-order valence-electron chi connectivity index (χ4n) is 1.84. The number of benzene rings is 2. The maximum absolute atomic E-state index is 10.5. The Bertz CT molecular complexity index is 551. The van der Waals surface area contributed by atoms with Crippen molar-refractivity contribution in [2.45, 2.75) is 12.8 Å². The highest BCUT2D eigenvalue weighted by Gasteiger charge is 2.00. The van der Waals surface area contributed by atoms with Crippen LogP contribution >= 0.6 is 0 Å². The first-order valence-corrected chi connectivity index (χ1v) is 7.30. The van der Waals surface area contributed by atoms with E-state index in [-0.39, 0.29) is 6.42 Å². The van der Waals surface area contributed by atoms with Crippen molar-refractivity contribution >= 4 is 5.97 Å². The number of aliphatic hydroxyl groups excluding tert-OH is 1. The molecule has 0 heterocycles. The highest BCUT2D eigenvalue weighted by Crippen LogP contribution is 2.14. The van der Waals surface area contributed by atoms with E-state index < -0.39 is 5.97 Å². The average molecular weight is 318 g/mol. The third kappa shape index (κ3) is 7.87. The molecule has 0 radical (unpaired) electrons. The number of aliphatic carboxylic acids is 1. The molecule has 0 aliphatic carbocycles. The van der Waals surface area contributed by atoms with Gasteiger partial charge in [0.2, 0.25) is 0 Å². The van der Waals surface area contributed by atoms with Crippen LogP contribution in [0.2, 0.25) is 0 Å². The Labute approximate surface area is 136 Å². The molecule has 0 aliphatic heterocycles. The monoisotopic (exact) mass is 318 g/mol. The first kappa shape index (κ1) is 18.5. The third-order valence-corrected chi connectivity index (χ3v) is 2.91. The minimum atomic E-state index is -0.784. The van der Waals surface area contributed by atoms with Crippen molar-refractivity contribution in [1.29, 1.82) is 0 Å². The molecule has 2 rings (SSSR count). The maximum atomic E-state index is 10.5. The van der Waals surface area contributed by atoms with Crippen molar-refractivity contribution in [3.8, 4) is 11.5 Å². The van der Waals surface area contributed by atoms with E-state index in [0.29, 0.717) is 19.6 Å². The molecule has 0 aliphatic rings. The van der Waals surface area contributed by atoms with Gasteiger partial charge in [0.05, 0.1) is 0 Å². The van der Waals surface area contributed by atoms with E-state index >= 15 is 0 Å². The molecule has 23 heavy (non-hydrogen) atoms. The summed E-state index contributed by atoms with van der Waals surface area (Å²) in [5.74, 6) is 0.796. The van der Waals surface area contributed by atoms with Crippen molar-refractivity contribution in [2.75, 3.05) is 20.3 Å². The molecule has 2 aromatic rings. The van der Waals surface area contributed by atoms with Gasteiger partial charge in [-0.3, -0.25) is 4.79 Å². The van der Waals surface area contributed by atoms with Gasteiger partial charge < -0.3 is 19.7 Å². The lowest BCUT2D eigenvalue weighted by molar-refractivity contribution is -0.136. The van der Waals surface area contributed by atoms with E-state index in [4.69, 9.17) is 19.7 Å². The van der Waals surface area contributed by atoms with Crippen molar-refractivity contribution < 1.29 is 24.5 Å². The van der Waals surface area contributed by atoms with Crippen LogP contribution in [-0.2, 0) is 11.2 Å². The van der Waals surface area contributed by atoms with E-state index in [1.807, 2.05) is 54.6 Å². The lowest BCUT2D eigenvalue weighted by Crippen LogP contribution is -2.08. The number of aliphatic hydroxyl groups is 1. The third-order valence-electron chi connectivity index (χ3n) is 2.91. The van der Waals surface area contributed by atoms with Gasteiger partial charge in [-0.05, 0) is 36.2 Å². The fraction of sp³-hybridized carbons (Fsp3) is 0.278. The summed E-state index contributed by atoms with van der Waals surface area (Å²) in [6, 6.07) is 17.0. The molecule has 0 bridgehead atoms. The predicted octanol–water partition coefficient (Wildman–Crippen LogP) is 2.77. The molecule has 0 spiro atoms. The van der Waals surface area contributed by atoms with Crippen molar-refractivity contribution in [3.05, 3.63) is 60.2 Å². The lowest BCUT2D eigenvalue weighted by Gasteiger charge is -2.08. The van der Waals surface area contributed by atoms with Gasteiger partial charge in [-0.2, -0.15) is 0 Å². The summed E-state index contributed by atoms with van der Waals surface area (Å²) in [6.07, 6.45) is 0.678. The second kappa shape index (κ2) is 11.1. The highest BCUT2D eigenvalue weighted by atomic mass is 16.5. The van der Waals surface area contributed by atoms with Gasteiger partial charge in [0.15, 0.2) is 0 Å². The normalized spacial score (nSPS) is 9.48. The van der Waals surface area contributed by atoms with Crippen LogP contribution in [0.25, 0.3) is 0 Å². The SMILES string of the molecule is CO.O=C(O)CCc1ccc(OCCOc2ccccc2)cc1. The molecule has 2 N–H and O–H groups in total. The Balaban J connectivity index is 0.00000127. The minimum Gasteiger partial charge on any atom is -0.490 e. The Morgan fingerprint density at radius 1 is 0.870 bits per heavy atom. The van der Waals surface area contributed by atoms with Gasteiger partial charge in [-0.15, -0.1) is 0 Å². The van der Waals surface area contributed by atoms with Crippen LogP contribution in [-0.4, -0.2) is 36.5 Å². The Morgan fingerprint density at radius 3 is 1.91 bits per heavy atom. The molecule has 0 unspecified atom stereocenters. The number of hydrogen-bond acceptors (Lipinski definition) is 4. The molecule has 5 nitrogen and oxygen atoms in total. The summed E-state index contributed by atoms with van der Waals surface area (Å²) < 4.78 is 11.1. The van der Waals surface area contributed by atoms with Crippen molar-refractivity contribution in [2.24, 2.45) is 0 Å². The van der Waals surface area contributed by atoms with E-state index in [9.17, 15) is 4.79 Å². The van der Waals surface area contributed by atoms with E-state index in [0.717, 1.165) is 24.2 Å². The van der Waals surface area contributed by atoms with Crippen molar-refractivity contribution in [3.63, 3.8) is 0 Å². The topological polar surface area (TPSA) is 76.0 Å². The molecule has 0 aromatic heterocycles. The number of carboxylic acids is 1.